The first-order valence-electron chi connectivity index (χ1n) is 13.6. The molecule has 7 heteroatoms. The van der Waals surface area contributed by atoms with Crippen LogP contribution in [0.2, 0.25) is 0 Å². The molecule has 1 amide bonds. The number of ether oxygens (including phenoxy) is 2. The van der Waals surface area contributed by atoms with Gasteiger partial charge in [0.1, 0.15) is 18.4 Å². The predicted octanol–water partition coefficient (Wildman–Crippen LogP) is 5.65. The molecule has 0 heterocycles. The van der Waals surface area contributed by atoms with Gasteiger partial charge in [0.2, 0.25) is 0 Å². The Morgan fingerprint density at radius 1 is 0.780 bits per heavy atom. The number of esters is 1. The van der Waals surface area contributed by atoms with Crippen molar-refractivity contribution in [2.24, 2.45) is 0 Å². The summed E-state index contributed by atoms with van der Waals surface area (Å²) in [6.07, 6.45) is 0.343. The van der Waals surface area contributed by atoms with Crippen molar-refractivity contribution in [3.63, 3.8) is 0 Å². The number of nitrogens with one attached hydrogen (secondary N) is 1. The number of benzene rings is 4. The Hall–Kier alpha value is -4.91. The number of rotatable bonds is 13. The Morgan fingerprint density at radius 3 is 2.02 bits per heavy atom. The minimum absolute atomic E-state index is 0.0274. The molecule has 0 aliphatic rings. The van der Waals surface area contributed by atoms with E-state index in [0.717, 1.165) is 5.56 Å². The Balaban J connectivity index is 1.38. The number of anilines is 1. The lowest BCUT2D eigenvalue weighted by atomic mass is 10.00. The molecule has 41 heavy (non-hydrogen) atoms. The summed E-state index contributed by atoms with van der Waals surface area (Å²) in [6, 6.07) is 32.1. The van der Waals surface area contributed by atoms with Gasteiger partial charge in [0.15, 0.2) is 5.78 Å². The van der Waals surface area contributed by atoms with E-state index in [-0.39, 0.29) is 11.7 Å². The average molecular weight is 551 g/mol. The summed E-state index contributed by atoms with van der Waals surface area (Å²) in [5, 5.41) is 3.23. The van der Waals surface area contributed by atoms with Crippen LogP contribution in [0.3, 0.4) is 0 Å². The highest BCUT2D eigenvalue weighted by molar-refractivity contribution is 6.12. The van der Waals surface area contributed by atoms with E-state index in [4.69, 9.17) is 9.47 Å². The molecule has 0 aliphatic carbocycles. The molecule has 1 atom stereocenters. The number of amides is 1. The van der Waals surface area contributed by atoms with E-state index < -0.39 is 12.0 Å². The molecule has 4 rings (SSSR count). The van der Waals surface area contributed by atoms with Crippen LogP contribution in [-0.4, -0.2) is 55.4 Å². The lowest BCUT2D eigenvalue weighted by molar-refractivity contribution is -0.141. The summed E-state index contributed by atoms with van der Waals surface area (Å²) in [5.74, 6) is 0.0692. The highest BCUT2D eigenvalue weighted by Gasteiger charge is 2.23. The SMILES string of the molecule is CCN(CCOc1ccc(C[C@H](Nc2ccccc2C(=O)c2ccccc2)C(=O)OC)cc1)C(=O)c1ccccc1. The number of carbonyl (C=O) groups is 3. The van der Waals surface area contributed by atoms with Gasteiger partial charge in [-0.15, -0.1) is 0 Å². The summed E-state index contributed by atoms with van der Waals surface area (Å²) in [4.78, 5) is 40.3. The summed E-state index contributed by atoms with van der Waals surface area (Å²) in [6.45, 7) is 3.33. The van der Waals surface area contributed by atoms with Crippen LogP contribution in [0.1, 0.15) is 38.8 Å². The van der Waals surface area contributed by atoms with Crippen molar-refractivity contribution in [1.29, 1.82) is 0 Å². The zero-order chi connectivity index (χ0) is 29.0. The third kappa shape index (κ3) is 7.82. The third-order valence-corrected chi connectivity index (χ3v) is 6.71. The van der Waals surface area contributed by atoms with Gasteiger partial charge in [0.25, 0.3) is 5.91 Å². The second kappa shape index (κ2) is 14.5. The van der Waals surface area contributed by atoms with Gasteiger partial charge in [-0.05, 0) is 48.9 Å². The van der Waals surface area contributed by atoms with E-state index in [0.29, 0.717) is 54.2 Å². The fourth-order valence-electron chi connectivity index (χ4n) is 4.47. The van der Waals surface area contributed by atoms with Crippen molar-refractivity contribution in [2.45, 2.75) is 19.4 Å². The Bertz CT molecular complexity index is 1440. The fourth-order valence-corrected chi connectivity index (χ4v) is 4.47. The molecule has 1 N–H and O–H groups in total. The molecule has 0 saturated carbocycles. The van der Waals surface area contributed by atoms with Gasteiger partial charge in [-0.1, -0.05) is 72.8 Å². The fraction of sp³-hybridized carbons (Fsp3) is 0.206. The Kier molecular flexibility index (Phi) is 10.3. The summed E-state index contributed by atoms with van der Waals surface area (Å²) in [5.41, 5.74) is 3.14. The highest BCUT2D eigenvalue weighted by atomic mass is 16.5. The molecule has 0 saturated heterocycles. The van der Waals surface area contributed by atoms with E-state index in [1.807, 2.05) is 73.7 Å². The van der Waals surface area contributed by atoms with Crippen molar-refractivity contribution in [2.75, 3.05) is 32.1 Å². The van der Waals surface area contributed by atoms with Crippen molar-refractivity contribution < 1.29 is 23.9 Å². The van der Waals surface area contributed by atoms with Gasteiger partial charge < -0.3 is 19.7 Å². The maximum absolute atomic E-state index is 13.1. The largest absolute Gasteiger partial charge is 0.492 e. The molecule has 4 aromatic rings. The Labute approximate surface area is 240 Å². The number of hydrogen-bond donors (Lipinski definition) is 1. The van der Waals surface area contributed by atoms with E-state index in [1.165, 1.54) is 7.11 Å². The smallest absolute Gasteiger partial charge is 0.328 e. The van der Waals surface area contributed by atoms with Gasteiger partial charge in [0, 0.05) is 35.3 Å². The van der Waals surface area contributed by atoms with Gasteiger partial charge in [0.05, 0.1) is 13.7 Å². The van der Waals surface area contributed by atoms with Crippen molar-refractivity contribution in [3.05, 3.63) is 131 Å². The molecule has 4 aromatic carbocycles. The maximum atomic E-state index is 13.1. The van der Waals surface area contributed by atoms with Gasteiger partial charge in [-0.3, -0.25) is 9.59 Å². The zero-order valence-electron chi connectivity index (χ0n) is 23.3. The van der Waals surface area contributed by atoms with E-state index in [1.54, 1.807) is 47.4 Å². The molecular weight excluding hydrogens is 516 g/mol. The molecule has 0 aliphatic heterocycles. The minimum Gasteiger partial charge on any atom is -0.492 e. The summed E-state index contributed by atoms with van der Waals surface area (Å²) in [7, 11) is 1.34. The number of carbonyl (C=O) groups excluding carboxylic acids is 3. The second-order valence-corrected chi connectivity index (χ2v) is 9.41. The van der Waals surface area contributed by atoms with Gasteiger partial charge in [-0.2, -0.15) is 0 Å². The minimum atomic E-state index is -0.710. The second-order valence-electron chi connectivity index (χ2n) is 9.41. The normalized spacial score (nSPS) is 11.3. The first kappa shape index (κ1) is 29.1. The Morgan fingerprint density at radius 2 is 1.39 bits per heavy atom. The zero-order valence-corrected chi connectivity index (χ0v) is 23.3. The first-order chi connectivity index (χ1) is 20.0. The van der Waals surface area contributed by atoms with Crippen LogP contribution in [-0.2, 0) is 16.0 Å². The quantitative estimate of drug-likeness (QED) is 0.171. The molecule has 0 radical (unpaired) electrons. The number of para-hydroxylation sites is 1. The average Bonchev–Trinajstić information content (AvgIpc) is 3.03. The van der Waals surface area contributed by atoms with Gasteiger partial charge in [-0.25, -0.2) is 4.79 Å². The van der Waals surface area contributed by atoms with E-state index >= 15 is 0 Å². The van der Waals surface area contributed by atoms with Crippen molar-refractivity contribution >= 4 is 23.3 Å². The van der Waals surface area contributed by atoms with Crippen LogP contribution < -0.4 is 10.1 Å². The molecule has 0 fully saturated rings. The van der Waals surface area contributed by atoms with Crippen molar-refractivity contribution in [1.82, 2.24) is 4.90 Å². The van der Waals surface area contributed by atoms with E-state index in [2.05, 4.69) is 5.32 Å². The van der Waals surface area contributed by atoms with Crippen LogP contribution in [0.4, 0.5) is 5.69 Å². The summed E-state index contributed by atoms with van der Waals surface area (Å²) < 4.78 is 11.0. The monoisotopic (exact) mass is 550 g/mol. The number of nitrogens with zero attached hydrogens (tertiary/aromatic N) is 1. The first-order valence-corrected chi connectivity index (χ1v) is 13.6. The standard InChI is InChI=1S/C34H34N2O5/c1-3-36(33(38)27-14-8-5-9-15-27)22-23-41-28-20-18-25(19-21-28)24-31(34(39)40-2)35-30-17-11-10-16-29(30)32(37)26-12-6-4-7-13-26/h4-21,31,35H,3,22-24H2,1-2H3/t31-/m0/s1. The number of ketones is 1. The molecule has 7 nitrogen and oxygen atoms in total. The number of hydrogen-bond acceptors (Lipinski definition) is 6. The third-order valence-electron chi connectivity index (χ3n) is 6.71. The lowest BCUT2D eigenvalue weighted by Gasteiger charge is -2.21. The predicted molar refractivity (Wildman–Crippen MR) is 159 cm³/mol. The number of likely N-dealkylation sites (N-methyl/N-ethyl adjacent to an activating group) is 1. The van der Waals surface area contributed by atoms with Crippen LogP contribution in [0.25, 0.3) is 0 Å². The molecule has 0 bridgehead atoms. The van der Waals surface area contributed by atoms with Crippen LogP contribution in [0.5, 0.6) is 5.75 Å². The van der Waals surface area contributed by atoms with Crippen LogP contribution in [0.15, 0.2) is 109 Å². The molecule has 0 unspecified atom stereocenters. The maximum Gasteiger partial charge on any atom is 0.328 e. The highest BCUT2D eigenvalue weighted by Crippen LogP contribution is 2.22. The lowest BCUT2D eigenvalue weighted by Crippen LogP contribution is -2.34. The van der Waals surface area contributed by atoms with Crippen molar-refractivity contribution in [3.8, 4) is 5.75 Å². The summed E-state index contributed by atoms with van der Waals surface area (Å²) >= 11 is 0. The molecule has 210 valence electrons. The topological polar surface area (TPSA) is 84.9 Å². The van der Waals surface area contributed by atoms with E-state index in [9.17, 15) is 14.4 Å². The molecule has 0 spiro atoms. The molecule has 0 aromatic heterocycles. The van der Waals surface area contributed by atoms with Gasteiger partial charge >= 0.3 is 5.97 Å². The number of methoxy groups -OCH3 is 1. The van der Waals surface area contributed by atoms with Crippen LogP contribution in [0, 0.1) is 0 Å². The molecular formula is C34H34N2O5. The van der Waals surface area contributed by atoms with Crippen LogP contribution >= 0.6 is 0 Å².